The summed E-state index contributed by atoms with van der Waals surface area (Å²) in [7, 11) is 1.32. The second-order valence-electron chi connectivity index (χ2n) is 47.5. The molecule has 0 aliphatic carbocycles. The lowest BCUT2D eigenvalue weighted by Crippen LogP contribution is -2.43. The summed E-state index contributed by atoms with van der Waals surface area (Å²) < 4.78 is 8.71. The summed E-state index contributed by atoms with van der Waals surface area (Å²) in [6.45, 7) is 74.7. The van der Waals surface area contributed by atoms with E-state index >= 15 is 4.79 Å². The maximum Gasteiger partial charge on any atom is 0.329 e. The first-order valence-electron chi connectivity index (χ1n) is 55.8. The molecule has 0 spiro atoms. The van der Waals surface area contributed by atoms with E-state index in [1.165, 1.54) is 141 Å². The summed E-state index contributed by atoms with van der Waals surface area (Å²) in [6, 6.07) is 105. The fraction of sp³-hybridized carbons (Fsp3) is 0.357. The molecule has 0 bridgehead atoms. The van der Waals surface area contributed by atoms with Gasteiger partial charge in [0.1, 0.15) is 6.04 Å². The van der Waals surface area contributed by atoms with E-state index in [9.17, 15) is 9.70 Å². The summed E-state index contributed by atoms with van der Waals surface area (Å²) in [5, 5.41) is 3.16. The quantitative estimate of drug-likeness (QED) is 0.0240. The third-order valence-electron chi connectivity index (χ3n) is 31.2. The van der Waals surface area contributed by atoms with Crippen molar-refractivity contribution < 1.29 is 14.3 Å². The van der Waals surface area contributed by atoms with Gasteiger partial charge in [-0.1, -0.05) is 367 Å². The highest BCUT2D eigenvalue weighted by atomic mass is 32.2. The lowest BCUT2D eigenvalue weighted by Gasteiger charge is -2.25. The van der Waals surface area contributed by atoms with Crippen LogP contribution in [0.25, 0.3) is 156 Å². The van der Waals surface area contributed by atoms with Crippen LogP contribution < -0.4 is 5.32 Å². The number of methoxy groups -OCH3 is 1. The van der Waals surface area contributed by atoms with Gasteiger partial charge < -0.3 is 10.1 Å². The highest BCUT2D eigenvalue weighted by Gasteiger charge is 2.32. The zero-order valence-corrected chi connectivity index (χ0v) is 96.8. The van der Waals surface area contributed by atoms with Crippen molar-refractivity contribution in [2.45, 2.75) is 322 Å². The largest absolute Gasteiger partial charge is 0.467 e. The van der Waals surface area contributed by atoms with E-state index in [1.54, 1.807) is 0 Å². The fourth-order valence-electron chi connectivity index (χ4n) is 23.4. The Bertz CT molecular complexity index is 6160. The number of hydrogen-bond donors (Lipinski definition) is 1. The highest BCUT2D eigenvalue weighted by Crippen LogP contribution is 2.54. The van der Waals surface area contributed by atoms with Crippen molar-refractivity contribution >= 4 is 23.8 Å². The van der Waals surface area contributed by atoms with Gasteiger partial charge in [0, 0.05) is 27.8 Å². The predicted molar refractivity (Wildman–Crippen MR) is 649 cm³/mol. The number of benzene rings is 15. The lowest BCUT2D eigenvalue weighted by atomic mass is 9.79. The first-order chi connectivity index (χ1) is 71.4. The van der Waals surface area contributed by atoms with E-state index in [1.807, 2.05) is 12.1 Å². The normalized spacial score (nSPS) is 12.3. The Hall–Kier alpha value is -12.8. The zero-order valence-electron chi connectivity index (χ0n) is 96.0. The summed E-state index contributed by atoms with van der Waals surface area (Å²) in [6.07, 6.45) is 0. The average molecular weight is 2010 g/mol. The number of nitroso groups, excluding NO2 is 1. The van der Waals surface area contributed by atoms with Crippen LogP contribution in [0.3, 0.4) is 0 Å². The summed E-state index contributed by atoms with van der Waals surface area (Å²) in [5.74, 6) is 1.74. The van der Waals surface area contributed by atoms with Gasteiger partial charge in [-0.05, 0) is 467 Å². The van der Waals surface area contributed by atoms with Gasteiger partial charge in [-0.15, -0.1) is 4.91 Å². The maximum absolute atomic E-state index is 16.7. The van der Waals surface area contributed by atoms with Crippen molar-refractivity contribution in [2.75, 3.05) is 12.9 Å². The van der Waals surface area contributed by atoms with Gasteiger partial charge in [0.15, 0.2) is 0 Å². The Labute approximate surface area is 905 Å². The number of rotatable bonds is 36. The highest BCUT2D eigenvalue weighted by molar-refractivity contribution is 7.97. The smallest absolute Gasteiger partial charge is 0.329 e. The predicted octanol–water partition coefficient (Wildman–Crippen LogP) is 42.7. The molecule has 7 heteroatoms. The molecular weight excluding hydrogens is 1840 g/mol. The van der Waals surface area contributed by atoms with E-state index in [0.717, 1.165) is 111 Å². The lowest BCUT2D eigenvalue weighted by molar-refractivity contribution is -0.142. The van der Waals surface area contributed by atoms with Crippen molar-refractivity contribution in [2.24, 2.45) is 4.58 Å². The zero-order chi connectivity index (χ0) is 108. The van der Waals surface area contributed by atoms with E-state index in [0.29, 0.717) is 17.5 Å². The van der Waals surface area contributed by atoms with Crippen molar-refractivity contribution in [3.05, 3.63) is 372 Å². The van der Waals surface area contributed by atoms with Crippen LogP contribution in [0.5, 0.6) is 0 Å². The average Bonchev–Trinajstić information content (AvgIpc) is 0.752. The van der Waals surface area contributed by atoms with Crippen LogP contribution in [-0.2, 0) is 9.53 Å². The standard InChI is InChI=1S/C143H164N2O4S/c1-80(2)117-42-34-43-118(81(3)4)134(117)108-65-104(66-109(75-108)135-119(82(5)6)44-35-45-120(135)83(7)8)98-58-96(59-99(62-98)105-67-110(136-121(84(9)10)46-36-47-122(136)85(11)12)76-111(68-105)137-123(86(13)14)48-37-49-124(137)87(15)16)102-64-103(74-116(73-102)142(146)144-133(79-150-145-148)143(147)149-33)97-60-100(106-69-112(138-125(88(17)18)50-38-51-126(138)89(19)20)77-113(70-106)139-127(90(21)22)52-39-53-128(139)91(23)24)63-101(61-97)107-71-114(140-129(92(25)26)54-40-55-130(140)93(27)28)78-115(72-107)141-131(94(29)30)56-41-57-132(141)95(31)32/h34-78,80-95,133H,79H2,1-33H3,(H,144,146)/t133-/m0/s1. The maximum atomic E-state index is 16.7. The Kier molecular flexibility index (Phi) is 35.2. The Balaban J connectivity index is 1.17. The third-order valence-corrected chi connectivity index (χ3v) is 31.8. The molecule has 15 aromatic rings. The van der Waals surface area contributed by atoms with Crippen molar-refractivity contribution in [1.82, 2.24) is 5.32 Å². The van der Waals surface area contributed by atoms with Crippen LogP contribution in [0.15, 0.2) is 278 Å². The van der Waals surface area contributed by atoms with Crippen LogP contribution in [-0.4, -0.2) is 30.8 Å². The number of nitrogens with one attached hydrogen (secondary N) is 1. The number of esters is 1. The van der Waals surface area contributed by atoms with Crippen LogP contribution >= 0.6 is 11.9 Å². The minimum absolute atomic E-state index is 0.155. The van der Waals surface area contributed by atoms with Crippen LogP contribution in [0.2, 0.25) is 0 Å². The number of ether oxygens (including phenoxy) is 1. The molecule has 1 N–H and O–H groups in total. The van der Waals surface area contributed by atoms with Gasteiger partial charge in [0.25, 0.3) is 5.91 Å². The van der Waals surface area contributed by atoms with Crippen molar-refractivity contribution in [3.8, 4) is 156 Å². The second-order valence-corrected chi connectivity index (χ2v) is 48.2. The van der Waals surface area contributed by atoms with E-state index in [-0.39, 0.29) is 100 Å². The SMILES string of the molecule is COC(=O)[C@H](CSN=O)NC(=O)c1cc(-c2cc(-c3cc(-c4c(C(C)C)cccc4C(C)C)cc(-c4c(C(C)C)cccc4C(C)C)c3)cc(-c3cc(-c4c(C(C)C)cccc4C(C)C)cc(-c4c(C(C)C)cccc4C(C)C)c3)c2)cc(-c2cc(-c3cc(-c4c(C(C)C)cccc4C(C)C)cc(-c4c(C(C)C)cccc4C(C)C)c3)cc(-c3cc(-c4c(C(C)C)cccc4C(C)C)cc(-c4c(C(C)C)cccc4C(C)C)c3)c2)c1. The molecule has 0 radical (unpaired) electrons. The number of amides is 1. The second kappa shape index (κ2) is 47.4. The molecule has 6 nitrogen and oxygen atoms in total. The van der Waals surface area contributed by atoms with Crippen LogP contribution in [0.1, 0.15) is 416 Å². The summed E-state index contributed by atoms with van der Waals surface area (Å²) in [5.41, 5.74) is 51.7. The van der Waals surface area contributed by atoms with Crippen molar-refractivity contribution in [3.63, 3.8) is 0 Å². The monoisotopic (exact) mass is 2010 g/mol. The molecular formula is C143H164N2O4S. The molecule has 15 aromatic carbocycles. The first-order valence-corrected chi connectivity index (χ1v) is 56.8. The Morgan fingerprint density at radius 1 is 0.207 bits per heavy atom. The fourth-order valence-corrected chi connectivity index (χ4v) is 23.8. The van der Waals surface area contributed by atoms with E-state index in [2.05, 4.69) is 492 Å². The van der Waals surface area contributed by atoms with Crippen molar-refractivity contribution in [1.29, 1.82) is 0 Å². The molecule has 0 saturated heterocycles. The molecule has 0 aromatic heterocycles. The molecule has 150 heavy (non-hydrogen) atoms. The number of nitrogens with zero attached hydrogens (tertiary/aromatic N) is 1. The number of carbonyl (C=O) groups excluding carboxylic acids is 2. The molecule has 776 valence electrons. The van der Waals surface area contributed by atoms with Gasteiger partial charge >= 0.3 is 5.97 Å². The van der Waals surface area contributed by atoms with E-state index < -0.39 is 17.9 Å². The molecule has 1 amide bonds. The van der Waals surface area contributed by atoms with Gasteiger partial charge in [0.05, 0.1) is 7.11 Å². The van der Waals surface area contributed by atoms with E-state index in [4.69, 9.17) is 4.74 Å². The molecule has 0 heterocycles. The molecule has 0 unspecified atom stereocenters. The molecule has 1 atom stereocenters. The van der Waals surface area contributed by atoms with Crippen LogP contribution in [0.4, 0.5) is 0 Å². The molecule has 0 aliphatic heterocycles. The first kappa shape index (κ1) is 111. The molecule has 0 aliphatic rings. The summed E-state index contributed by atoms with van der Waals surface area (Å²) in [4.78, 5) is 43.4. The number of carbonyl (C=O) groups is 2. The van der Waals surface area contributed by atoms with Crippen LogP contribution in [0, 0.1) is 4.91 Å². The number of hydrogen-bond acceptors (Lipinski definition) is 6. The topological polar surface area (TPSA) is 84.8 Å². The van der Waals surface area contributed by atoms with Gasteiger partial charge in [0.2, 0.25) is 0 Å². The Morgan fingerprint density at radius 3 is 0.447 bits per heavy atom. The molecule has 15 rings (SSSR count). The summed E-state index contributed by atoms with van der Waals surface area (Å²) >= 11 is 0.677. The van der Waals surface area contributed by atoms with Gasteiger partial charge in [-0.25, -0.2) is 4.79 Å². The third kappa shape index (κ3) is 23.6. The molecule has 0 fully saturated rings. The minimum Gasteiger partial charge on any atom is -0.467 e. The minimum atomic E-state index is -1.25. The van der Waals surface area contributed by atoms with Gasteiger partial charge in [-0.2, -0.15) is 0 Å². The van der Waals surface area contributed by atoms with Gasteiger partial charge in [-0.3, -0.25) is 4.79 Å². The molecule has 0 saturated carbocycles. The Morgan fingerprint density at radius 2 is 0.327 bits per heavy atom.